The lowest BCUT2D eigenvalue weighted by molar-refractivity contribution is 0.100. The number of aromatic nitrogens is 3. The highest BCUT2D eigenvalue weighted by Gasteiger charge is 2.09. The molecular formula is C15H15N5O. The molecule has 0 radical (unpaired) electrons. The van der Waals surface area contributed by atoms with Crippen molar-refractivity contribution >= 4 is 22.5 Å². The molecule has 0 aliphatic carbocycles. The zero-order valence-corrected chi connectivity index (χ0v) is 11.4. The van der Waals surface area contributed by atoms with Crippen LogP contribution in [0.5, 0.6) is 0 Å². The molecule has 0 fully saturated rings. The molecule has 1 heterocycles. The SMILES string of the molecule is NCC(=O)c1ccccc1NCn1nnc2ccccc21. The molecule has 3 rings (SSSR count). The van der Waals surface area contributed by atoms with Crippen molar-refractivity contribution in [2.24, 2.45) is 5.73 Å². The van der Waals surface area contributed by atoms with E-state index in [0.29, 0.717) is 12.2 Å². The minimum absolute atomic E-state index is 0.00898. The molecule has 0 atom stereocenters. The Morgan fingerprint density at radius 2 is 1.90 bits per heavy atom. The van der Waals surface area contributed by atoms with Gasteiger partial charge in [-0.3, -0.25) is 4.79 Å². The summed E-state index contributed by atoms with van der Waals surface area (Å²) < 4.78 is 1.75. The van der Waals surface area contributed by atoms with Gasteiger partial charge < -0.3 is 11.1 Å². The Bertz CT molecular complexity index is 780. The van der Waals surface area contributed by atoms with Crippen LogP contribution in [0.4, 0.5) is 5.69 Å². The van der Waals surface area contributed by atoms with E-state index in [1.807, 2.05) is 42.5 Å². The molecular weight excluding hydrogens is 266 g/mol. The van der Waals surface area contributed by atoms with E-state index >= 15 is 0 Å². The Morgan fingerprint density at radius 3 is 2.76 bits per heavy atom. The van der Waals surface area contributed by atoms with Crippen LogP contribution >= 0.6 is 0 Å². The second kappa shape index (κ2) is 5.72. The molecule has 0 aliphatic heterocycles. The first-order valence-electron chi connectivity index (χ1n) is 6.64. The van der Waals surface area contributed by atoms with Crippen molar-refractivity contribution in [3.05, 3.63) is 54.1 Å². The van der Waals surface area contributed by atoms with Gasteiger partial charge in [0.25, 0.3) is 0 Å². The molecule has 6 nitrogen and oxygen atoms in total. The summed E-state index contributed by atoms with van der Waals surface area (Å²) in [4.78, 5) is 11.8. The van der Waals surface area contributed by atoms with Crippen LogP contribution in [-0.4, -0.2) is 27.3 Å². The maximum Gasteiger partial charge on any atom is 0.178 e. The summed E-state index contributed by atoms with van der Waals surface area (Å²) in [5.74, 6) is -0.0958. The monoisotopic (exact) mass is 281 g/mol. The fraction of sp³-hybridized carbons (Fsp3) is 0.133. The molecule has 3 aromatic rings. The number of ketones is 1. The van der Waals surface area contributed by atoms with Crippen molar-refractivity contribution in [1.29, 1.82) is 0 Å². The van der Waals surface area contributed by atoms with Gasteiger partial charge in [-0.1, -0.05) is 29.5 Å². The number of carbonyl (C=O) groups is 1. The Labute approximate surface area is 121 Å². The number of nitrogens with two attached hydrogens (primary N) is 1. The zero-order valence-electron chi connectivity index (χ0n) is 11.4. The van der Waals surface area contributed by atoms with E-state index in [4.69, 9.17) is 5.73 Å². The molecule has 0 spiro atoms. The van der Waals surface area contributed by atoms with E-state index < -0.39 is 0 Å². The molecule has 1 aromatic heterocycles. The summed E-state index contributed by atoms with van der Waals surface area (Å²) in [7, 11) is 0. The summed E-state index contributed by atoms with van der Waals surface area (Å²) >= 11 is 0. The number of nitrogens with one attached hydrogen (secondary N) is 1. The maximum absolute atomic E-state index is 11.8. The van der Waals surface area contributed by atoms with Gasteiger partial charge >= 0.3 is 0 Å². The first kappa shape index (κ1) is 13.3. The molecule has 0 unspecified atom stereocenters. The number of rotatable bonds is 5. The summed E-state index contributed by atoms with van der Waals surface area (Å²) in [6, 6.07) is 15.0. The number of para-hydroxylation sites is 2. The van der Waals surface area contributed by atoms with Crippen LogP contribution in [0.25, 0.3) is 11.0 Å². The van der Waals surface area contributed by atoms with Crippen molar-refractivity contribution < 1.29 is 4.79 Å². The van der Waals surface area contributed by atoms with Crippen molar-refractivity contribution in [2.45, 2.75) is 6.67 Å². The maximum atomic E-state index is 11.8. The van der Waals surface area contributed by atoms with Gasteiger partial charge in [-0.25, -0.2) is 4.68 Å². The van der Waals surface area contributed by atoms with Crippen LogP contribution in [0.2, 0.25) is 0 Å². The zero-order chi connectivity index (χ0) is 14.7. The Morgan fingerprint density at radius 1 is 1.14 bits per heavy atom. The van der Waals surface area contributed by atoms with Crippen LogP contribution in [-0.2, 0) is 6.67 Å². The second-order valence-electron chi connectivity index (χ2n) is 4.59. The normalized spacial score (nSPS) is 10.7. The number of hydrogen-bond donors (Lipinski definition) is 2. The third-order valence-corrected chi connectivity index (χ3v) is 3.25. The Kier molecular flexibility index (Phi) is 3.61. The van der Waals surface area contributed by atoms with Crippen molar-refractivity contribution in [3.8, 4) is 0 Å². The molecule has 2 aromatic carbocycles. The van der Waals surface area contributed by atoms with E-state index in [-0.39, 0.29) is 12.3 Å². The van der Waals surface area contributed by atoms with Gasteiger partial charge in [0.05, 0.1) is 12.1 Å². The lowest BCUT2D eigenvalue weighted by Gasteiger charge is -2.11. The lowest BCUT2D eigenvalue weighted by atomic mass is 10.1. The predicted molar refractivity (Wildman–Crippen MR) is 81.0 cm³/mol. The van der Waals surface area contributed by atoms with Crippen molar-refractivity contribution in [1.82, 2.24) is 15.0 Å². The van der Waals surface area contributed by atoms with E-state index in [0.717, 1.165) is 16.7 Å². The van der Waals surface area contributed by atoms with Crippen LogP contribution in [0.1, 0.15) is 10.4 Å². The second-order valence-corrected chi connectivity index (χ2v) is 4.59. The molecule has 0 amide bonds. The Balaban J connectivity index is 1.84. The standard InChI is InChI=1S/C15H15N5O/c16-9-15(21)11-5-1-2-6-12(11)17-10-20-14-8-4-3-7-13(14)18-19-20/h1-8,17H,9-10,16H2. The van der Waals surface area contributed by atoms with Crippen LogP contribution < -0.4 is 11.1 Å². The summed E-state index contributed by atoms with van der Waals surface area (Å²) in [6.07, 6.45) is 0. The molecule has 3 N–H and O–H groups in total. The lowest BCUT2D eigenvalue weighted by Crippen LogP contribution is -2.17. The average molecular weight is 281 g/mol. The number of carbonyl (C=O) groups excluding carboxylic acids is 1. The molecule has 6 heteroatoms. The highest BCUT2D eigenvalue weighted by Crippen LogP contribution is 2.16. The number of hydrogen-bond acceptors (Lipinski definition) is 5. The summed E-state index contributed by atoms with van der Waals surface area (Å²) in [5, 5.41) is 11.4. The van der Waals surface area contributed by atoms with E-state index in [9.17, 15) is 4.79 Å². The highest BCUT2D eigenvalue weighted by molar-refractivity contribution is 6.02. The van der Waals surface area contributed by atoms with Crippen LogP contribution in [0, 0.1) is 0 Å². The van der Waals surface area contributed by atoms with E-state index in [2.05, 4.69) is 15.6 Å². The summed E-state index contributed by atoms with van der Waals surface area (Å²) in [5.41, 5.74) is 8.54. The third-order valence-electron chi connectivity index (χ3n) is 3.25. The fourth-order valence-corrected chi connectivity index (χ4v) is 2.18. The van der Waals surface area contributed by atoms with Gasteiger partial charge in [-0.15, -0.1) is 5.10 Å². The van der Waals surface area contributed by atoms with Gasteiger partial charge in [0, 0.05) is 11.3 Å². The quantitative estimate of drug-likeness (QED) is 0.694. The van der Waals surface area contributed by atoms with Gasteiger partial charge in [0.1, 0.15) is 12.2 Å². The number of nitrogens with zero attached hydrogens (tertiary/aromatic N) is 3. The third kappa shape index (κ3) is 2.61. The minimum atomic E-state index is -0.0958. The largest absolute Gasteiger partial charge is 0.366 e. The topological polar surface area (TPSA) is 85.8 Å². The van der Waals surface area contributed by atoms with Gasteiger partial charge in [0.15, 0.2) is 5.78 Å². The number of Topliss-reactive ketones (excluding diaryl/α,β-unsaturated/α-hetero) is 1. The molecule has 0 aliphatic rings. The van der Waals surface area contributed by atoms with E-state index in [1.54, 1.807) is 10.7 Å². The van der Waals surface area contributed by atoms with Gasteiger partial charge in [-0.05, 0) is 24.3 Å². The molecule has 106 valence electrons. The molecule has 21 heavy (non-hydrogen) atoms. The first-order valence-corrected chi connectivity index (χ1v) is 6.64. The van der Waals surface area contributed by atoms with E-state index in [1.165, 1.54) is 0 Å². The molecule has 0 bridgehead atoms. The number of fused-ring (bicyclic) bond motifs is 1. The van der Waals surface area contributed by atoms with Crippen LogP contribution in [0.3, 0.4) is 0 Å². The first-order chi connectivity index (χ1) is 10.3. The van der Waals surface area contributed by atoms with Crippen LogP contribution in [0.15, 0.2) is 48.5 Å². The van der Waals surface area contributed by atoms with Crippen molar-refractivity contribution in [2.75, 3.05) is 11.9 Å². The molecule has 0 saturated carbocycles. The Hall–Kier alpha value is -2.73. The molecule has 0 saturated heterocycles. The smallest absolute Gasteiger partial charge is 0.178 e. The van der Waals surface area contributed by atoms with Crippen molar-refractivity contribution in [3.63, 3.8) is 0 Å². The van der Waals surface area contributed by atoms with Gasteiger partial charge in [-0.2, -0.15) is 0 Å². The fourth-order valence-electron chi connectivity index (χ4n) is 2.18. The number of anilines is 1. The highest BCUT2D eigenvalue weighted by atomic mass is 16.1. The van der Waals surface area contributed by atoms with Gasteiger partial charge in [0.2, 0.25) is 0 Å². The number of benzene rings is 2. The summed E-state index contributed by atoms with van der Waals surface area (Å²) in [6.45, 7) is 0.417. The minimum Gasteiger partial charge on any atom is -0.366 e. The predicted octanol–water partition coefficient (Wildman–Crippen LogP) is 1.64. The average Bonchev–Trinajstić information content (AvgIpc) is 2.96.